The van der Waals surface area contributed by atoms with Crippen molar-refractivity contribution in [3.05, 3.63) is 35.9 Å². The van der Waals surface area contributed by atoms with E-state index >= 15 is 0 Å². The first-order valence-electron chi connectivity index (χ1n) is 7.14. The van der Waals surface area contributed by atoms with Gasteiger partial charge in [0.05, 0.1) is 0 Å². The lowest BCUT2D eigenvalue weighted by atomic mass is 10.2. The highest BCUT2D eigenvalue weighted by Crippen LogP contribution is 2.17. The van der Waals surface area contributed by atoms with E-state index in [0.29, 0.717) is 5.56 Å². The fourth-order valence-corrected chi connectivity index (χ4v) is 2.44. The second-order valence-electron chi connectivity index (χ2n) is 5.08. The quantitative estimate of drug-likeness (QED) is 0.625. The molecule has 0 aromatic heterocycles. The molecule has 0 bridgehead atoms. The molecule has 1 saturated heterocycles. The molecule has 1 fully saturated rings. The summed E-state index contributed by atoms with van der Waals surface area (Å²) in [5.74, 6) is -0.192. The van der Waals surface area contributed by atoms with Gasteiger partial charge in [-0.15, -0.1) is 0 Å². The summed E-state index contributed by atoms with van der Waals surface area (Å²) in [4.78, 5) is 28.0. The normalized spacial score (nSPS) is 18.5. The van der Waals surface area contributed by atoms with Gasteiger partial charge in [-0.25, -0.2) is 0 Å². The predicted molar refractivity (Wildman–Crippen MR) is 93.7 cm³/mol. The number of hydrogen-bond donors (Lipinski definition) is 1. The van der Waals surface area contributed by atoms with Crippen LogP contribution in [0.1, 0.15) is 37.0 Å². The van der Waals surface area contributed by atoms with Crippen LogP contribution in [0.25, 0.3) is 0 Å². The van der Waals surface area contributed by atoms with E-state index in [9.17, 15) is 9.59 Å². The first-order valence-corrected chi connectivity index (χ1v) is 9.29. The smallest absolute Gasteiger partial charge is 0.251 e. The molecular weight excluding hydrogens is 379 g/mol. The molecule has 5 heteroatoms. The topological polar surface area (TPSA) is 49.4 Å². The van der Waals surface area contributed by atoms with Gasteiger partial charge in [0.2, 0.25) is 5.91 Å². The highest BCUT2D eigenvalue weighted by molar-refractivity contribution is 14.1. The van der Waals surface area contributed by atoms with Crippen LogP contribution in [-0.4, -0.2) is 40.3 Å². The van der Waals surface area contributed by atoms with E-state index in [1.807, 2.05) is 28.0 Å². The van der Waals surface area contributed by atoms with Crippen LogP contribution < -0.4 is 5.32 Å². The number of carbonyl (C=O) groups excluding carboxylic acids is 2. The summed E-state index contributed by atoms with van der Waals surface area (Å²) in [6.07, 6.45) is 2.09. The van der Waals surface area contributed by atoms with Gasteiger partial charge < -0.3 is 10.2 Å². The molecule has 1 aromatic rings. The summed E-state index contributed by atoms with van der Waals surface area (Å²) < 4.78 is 0. The lowest BCUT2D eigenvalue weighted by molar-refractivity contribution is -0.133. The van der Waals surface area contributed by atoms with Crippen molar-refractivity contribution in [1.82, 2.24) is 10.2 Å². The highest BCUT2D eigenvalue weighted by Gasteiger charge is 2.29. The number of hydrogen-bond acceptors (Lipinski definition) is 2. The zero-order valence-electron chi connectivity index (χ0n) is 12.8. The van der Waals surface area contributed by atoms with Crippen LogP contribution in [0.2, 0.25) is 0 Å². The van der Waals surface area contributed by atoms with E-state index in [1.165, 1.54) is 0 Å². The standard InChI is InChI=1S/C15H20N2O2.CH3I/c1-11-7-6-10-17(11)15(19)12(2)16-14(18)13-8-4-3-5-9-13;1-2/h3-5,8-9,11-12H,6-7,10H2,1-2H3,(H,16,18);1H3. The second kappa shape index (κ2) is 9.02. The van der Waals surface area contributed by atoms with Crippen LogP contribution in [0, 0.1) is 0 Å². The molecule has 0 spiro atoms. The maximum atomic E-state index is 12.2. The Balaban J connectivity index is 0.00000106. The molecule has 2 amide bonds. The summed E-state index contributed by atoms with van der Waals surface area (Å²) in [6, 6.07) is 8.76. The van der Waals surface area contributed by atoms with Crippen molar-refractivity contribution in [2.24, 2.45) is 0 Å². The Kier molecular flexibility index (Phi) is 7.71. The Hall–Kier alpha value is -1.11. The van der Waals surface area contributed by atoms with Crippen molar-refractivity contribution >= 4 is 34.4 Å². The summed E-state index contributed by atoms with van der Waals surface area (Å²) in [5.41, 5.74) is 0.580. The minimum atomic E-state index is -0.478. The molecule has 0 saturated carbocycles. The van der Waals surface area contributed by atoms with E-state index in [-0.39, 0.29) is 17.9 Å². The molecule has 0 aliphatic carbocycles. The molecule has 0 radical (unpaired) electrons. The van der Waals surface area contributed by atoms with Gasteiger partial charge >= 0.3 is 0 Å². The van der Waals surface area contributed by atoms with Crippen molar-refractivity contribution in [2.45, 2.75) is 38.8 Å². The molecule has 2 rings (SSSR count). The first-order chi connectivity index (χ1) is 10.1. The van der Waals surface area contributed by atoms with Gasteiger partial charge in [-0.2, -0.15) is 0 Å². The molecule has 1 N–H and O–H groups in total. The Morgan fingerprint density at radius 1 is 1.29 bits per heavy atom. The zero-order valence-corrected chi connectivity index (χ0v) is 15.0. The third kappa shape index (κ3) is 4.98. The number of amides is 2. The van der Waals surface area contributed by atoms with Crippen LogP contribution in [0.3, 0.4) is 0 Å². The fourth-order valence-electron chi connectivity index (χ4n) is 2.44. The summed E-state index contributed by atoms with van der Waals surface area (Å²) in [7, 11) is 0. The number of nitrogens with zero attached hydrogens (tertiary/aromatic N) is 1. The van der Waals surface area contributed by atoms with Crippen molar-refractivity contribution in [2.75, 3.05) is 11.5 Å². The molecule has 1 aliphatic rings. The average molecular weight is 402 g/mol. The number of benzene rings is 1. The lowest BCUT2D eigenvalue weighted by Crippen LogP contribution is -2.47. The molecule has 2 unspecified atom stereocenters. The van der Waals surface area contributed by atoms with Crippen molar-refractivity contribution in [3.8, 4) is 0 Å². The van der Waals surface area contributed by atoms with Crippen molar-refractivity contribution in [3.63, 3.8) is 0 Å². The van der Waals surface area contributed by atoms with Crippen molar-refractivity contribution in [1.29, 1.82) is 0 Å². The van der Waals surface area contributed by atoms with E-state index < -0.39 is 6.04 Å². The average Bonchev–Trinajstić information content (AvgIpc) is 2.95. The molecule has 1 aliphatic heterocycles. The first kappa shape index (κ1) is 17.9. The maximum Gasteiger partial charge on any atom is 0.251 e. The second-order valence-corrected chi connectivity index (χ2v) is 5.08. The minimum absolute atomic E-state index is 0.00859. The van der Waals surface area contributed by atoms with Crippen LogP contribution in [0.4, 0.5) is 0 Å². The molecule has 1 aromatic carbocycles. The van der Waals surface area contributed by atoms with Gasteiger partial charge in [0.1, 0.15) is 6.04 Å². The summed E-state index contributed by atoms with van der Waals surface area (Å²) in [6.45, 7) is 4.59. The molecule has 1 heterocycles. The predicted octanol–water partition coefficient (Wildman–Crippen LogP) is 2.87. The Bertz CT molecular complexity index is 465. The molecule has 116 valence electrons. The number of nitrogens with one attached hydrogen (secondary N) is 1. The number of halogens is 1. The van der Waals surface area contributed by atoms with Gasteiger partial charge in [-0.3, -0.25) is 9.59 Å². The minimum Gasteiger partial charge on any atom is -0.341 e. The summed E-state index contributed by atoms with van der Waals surface area (Å²) in [5, 5.41) is 2.76. The van der Waals surface area contributed by atoms with E-state index in [4.69, 9.17) is 0 Å². The Labute approximate surface area is 140 Å². The van der Waals surface area contributed by atoms with Gasteiger partial charge in [0.15, 0.2) is 0 Å². The van der Waals surface area contributed by atoms with Crippen LogP contribution in [0.5, 0.6) is 0 Å². The third-order valence-corrected chi connectivity index (χ3v) is 3.59. The van der Waals surface area contributed by atoms with E-state index in [1.54, 1.807) is 19.1 Å². The Morgan fingerprint density at radius 2 is 1.90 bits per heavy atom. The highest BCUT2D eigenvalue weighted by atomic mass is 127. The van der Waals surface area contributed by atoms with Crippen LogP contribution in [-0.2, 0) is 4.79 Å². The molecule has 21 heavy (non-hydrogen) atoms. The van der Waals surface area contributed by atoms with E-state index in [0.717, 1.165) is 19.4 Å². The molecule has 4 nitrogen and oxygen atoms in total. The van der Waals surface area contributed by atoms with Gasteiger partial charge in [0.25, 0.3) is 5.91 Å². The Morgan fingerprint density at radius 3 is 2.43 bits per heavy atom. The number of rotatable bonds is 3. The third-order valence-electron chi connectivity index (χ3n) is 3.59. The maximum absolute atomic E-state index is 12.2. The number of alkyl halides is 1. The van der Waals surface area contributed by atoms with Gasteiger partial charge in [-0.05, 0) is 43.8 Å². The van der Waals surface area contributed by atoms with Crippen molar-refractivity contribution < 1.29 is 9.59 Å². The summed E-state index contributed by atoms with van der Waals surface area (Å²) >= 11 is 2.15. The monoisotopic (exact) mass is 402 g/mol. The zero-order chi connectivity index (χ0) is 15.8. The number of carbonyl (C=O) groups is 2. The largest absolute Gasteiger partial charge is 0.341 e. The molecular formula is C16H23IN2O2. The van der Waals surface area contributed by atoms with Gasteiger partial charge in [0, 0.05) is 18.2 Å². The van der Waals surface area contributed by atoms with Gasteiger partial charge in [-0.1, -0.05) is 40.8 Å². The SMILES string of the molecule is CC(NC(=O)c1ccccc1)C(=O)N1CCCC1C.CI. The van der Waals surface area contributed by atoms with Crippen LogP contribution >= 0.6 is 22.6 Å². The number of likely N-dealkylation sites (tertiary alicyclic amines) is 1. The fraction of sp³-hybridized carbons (Fsp3) is 0.500. The molecule has 2 atom stereocenters. The van der Waals surface area contributed by atoms with E-state index in [2.05, 4.69) is 34.8 Å². The van der Waals surface area contributed by atoms with Crippen LogP contribution in [0.15, 0.2) is 30.3 Å². The lowest BCUT2D eigenvalue weighted by Gasteiger charge is -2.25.